The molecule has 1 aromatic carbocycles. The van der Waals surface area contributed by atoms with Gasteiger partial charge in [0.05, 0.1) is 12.6 Å². The van der Waals surface area contributed by atoms with Crippen molar-refractivity contribution in [1.82, 2.24) is 5.32 Å². The summed E-state index contributed by atoms with van der Waals surface area (Å²) in [5, 5.41) is 8.01. The molecule has 1 aliphatic carbocycles. The topological polar surface area (TPSA) is 113 Å². The van der Waals surface area contributed by atoms with Gasteiger partial charge in [-0.2, -0.15) is 0 Å². The molecule has 0 aromatic heterocycles. The maximum Gasteiger partial charge on any atom is 0.243 e. The summed E-state index contributed by atoms with van der Waals surface area (Å²) >= 11 is 0. The second kappa shape index (κ2) is 7.92. The Morgan fingerprint density at radius 2 is 1.62 bits per heavy atom. The molecule has 0 unspecified atom stereocenters. The summed E-state index contributed by atoms with van der Waals surface area (Å²) in [7, 11) is 0. The minimum Gasteiger partial charge on any atom is -0.346 e. The van der Waals surface area contributed by atoms with Crippen LogP contribution in [0, 0.1) is 11.8 Å². The number of hydrogen-bond acceptors (Lipinski definition) is 4. The zero-order chi connectivity index (χ0) is 17.7. The van der Waals surface area contributed by atoms with Gasteiger partial charge in [0.25, 0.3) is 0 Å². The van der Waals surface area contributed by atoms with Gasteiger partial charge in [-0.05, 0) is 43.0 Å². The van der Waals surface area contributed by atoms with E-state index in [9.17, 15) is 14.4 Å². The summed E-state index contributed by atoms with van der Waals surface area (Å²) in [6, 6.07) is 6.21. The zero-order valence-corrected chi connectivity index (χ0v) is 14.0. The molecule has 7 nitrogen and oxygen atoms in total. The molecule has 3 amide bonds. The van der Waals surface area contributed by atoms with Gasteiger partial charge in [0.15, 0.2) is 0 Å². The Hall–Kier alpha value is -2.41. The summed E-state index contributed by atoms with van der Waals surface area (Å²) in [6.45, 7) is 3.54. The Kier molecular flexibility index (Phi) is 5.92. The van der Waals surface area contributed by atoms with Crippen LogP contribution >= 0.6 is 0 Å². The molecule has 24 heavy (non-hydrogen) atoms. The average Bonchev–Trinajstić information content (AvgIpc) is 3.38. The molecule has 5 N–H and O–H groups in total. The molecule has 0 spiro atoms. The molecule has 0 aliphatic heterocycles. The second-order valence-electron chi connectivity index (χ2n) is 6.38. The molecule has 1 aromatic rings. The van der Waals surface area contributed by atoms with E-state index in [1.165, 1.54) is 0 Å². The van der Waals surface area contributed by atoms with Crippen LogP contribution in [0.3, 0.4) is 0 Å². The van der Waals surface area contributed by atoms with Crippen molar-refractivity contribution in [3.63, 3.8) is 0 Å². The van der Waals surface area contributed by atoms with E-state index in [0.717, 1.165) is 12.8 Å². The number of carbonyl (C=O) groups excluding carboxylic acids is 3. The lowest BCUT2D eigenvalue weighted by molar-refractivity contribution is -0.125. The van der Waals surface area contributed by atoms with Crippen LogP contribution in [0.2, 0.25) is 0 Å². The van der Waals surface area contributed by atoms with Crippen LogP contribution in [0.25, 0.3) is 0 Å². The van der Waals surface area contributed by atoms with Crippen molar-refractivity contribution in [2.24, 2.45) is 17.6 Å². The first-order chi connectivity index (χ1) is 11.4. The summed E-state index contributed by atoms with van der Waals surface area (Å²) in [5.74, 6) is -0.500. The van der Waals surface area contributed by atoms with Crippen LogP contribution in [-0.4, -0.2) is 30.3 Å². The van der Waals surface area contributed by atoms with Gasteiger partial charge in [-0.15, -0.1) is 0 Å². The van der Waals surface area contributed by atoms with Gasteiger partial charge in [-0.1, -0.05) is 13.8 Å². The molecule has 1 fully saturated rings. The number of nitrogens with one attached hydrogen (secondary N) is 3. The van der Waals surface area contributed by atoms with Crippen LogP contribution in [-0.2, 0) is 14.4 Å². The third-order valence-electron chi connectivity index (χ3n) is 3.83. The third kappa shape index (κ3) is 5.34. The highest BCUT2D eigenvalue weighted by atomic mass is 16.2. The molecule has 0 heterocycles. The van der Waals surface area contributed by atoms with Crippen LogP contribution in [0.15, 0.2) is 24.3 Å². The third-order valence-corrected chi connectivity index (χ3v) is 3.83. The Balaban J connectivity index is 1.77. The molecule has 0 radical (unpaired) electrons. The fourth-order valence-electron chi connectivity index (χ4n) is 2.02. The van der Waals surface area contributed by atoms with E-state index in [1.54, 1.807) is 24.3 Å². The van der Waals surface area contributed by atoms with E-state index in [4.69, 9.17) is 5.73 Å². The molecule has 0 bridgehead atoms. The van der Waals surface area contributed by atoms with Gasteiger partial charge in [-0.3, -0.25) is 14.4 Å². The summed E-state index contributed by atoms with van der Waals surface area (Å²) < 4.78 is 0. The number of carbonyl (C=O) groups is 3. The summed E-state index contributed by atoms with van der Waals surface area (Å²) in [5.41, 5.74) is 6.99. The lowest BCUT2D eigenvalue weighted by Gasteiger charge is -2.15. The van der Waals surface area contributed by atoms with Gasteiger partial charge in [0.1, 0.15) is 0 Å². The SMILES string of the molecule is CC(C)[C@H](N)C(=O)NCC(=O)Nc1ccc(NC(=O)C2CC2)cc1. The number of benzene rings is 1. The van der Waals surface area contributed by atoms with E-state index in [0.29, 0.717) is 11.4 Å². The smallest absolute Gasteiger partial charge is 0.243 e. The van der Waals surface area contributed by atoms with E-state index in [2.05, 4.69) is 16.0 Å². The van der Waals surface area contributed by atoms with Gasteiger partial charge < -0.3 is 21.7 Å². The van der Waals surface area contributed by atoms with Crippen LogP contribution in [0.4, 0.5) is 11.4 Å². The normalized spacial score (nSPS) is 14.8. The lowest BCUT2D eigenvalue weighted by atomic mass is 10.1. The van der Waals surface area contributed by atoms with Crippen LogP contribution in [0.5, 0.6) is 0 Å². The van der Waals surface area contributed by atoms with Gasteiger partial charge in [0.2, 0.25) is 17.7 Å². The van der Waals surface area contributed by atoms with Crippen molar-refractivity contribution in [2.75, 3.05) is 17.2 Å². The molecule has 7 heteroatoms. The minimum absolute atomic E-state index is 0.00598. The molecule has 2 rings (SSSR count). The van der Waals surface area contributed by atoms with E-state index < -0.39 is 6.04 Å². The van der Waals surface area contributed by atoms with Crippen molar-refractivity contribution < 1.29 is 14.4 Å². The maximum absolute atomic E-state index is 11.8. The number of anilines is 2. The van der Waals surface area contributed by atoms with E-state index >= 15 is 0 Å². The second-order valence-corrected chi connectivity index (χ2v) is 6.38. The first-order valence-electron chi connectivity index (χ1n) is 8.11. The number of hydrogen-bond donors (Lipinski definition) is 4. The standard InChI is InChI=1S/C17H24N4O3/c1-10(2)15(18)17(24)19-9-14(22)20-12-5-7-13(8-6-12)21-16(23)11-3-4-11/h5-8,10-11,15H,3-4,9,18H2,1-2H3,(H,19,24)(H,20,22)(H,21,23)/t15-/m0/s1. The predicted octanol–water partition coefficient (Wildman–Crippen LogP) is 1.07. The Labute approximate surface area is 141 Å². The average molecular weight is 332 g/mol. The van der Waals surface area contributed by atoms with Crippen LogP contribution in [0.1, 0.15) is 26.7 Å². The Morgan fingerprint density at radius 3 is 2.12 bits per heavy atom. The fourth-order valence-corrected chi connectivity index (χ4v) is 2.02. The number of nitrogens with two attached hydrogens (primary N) is 1. The fraction of sp³-hybridized carbons (Fsp3) is 0.471. The van der Waals surface area contributed by atoms with E-state index in [1.807, 2.05) is 13.8 Å². The van der Waals surface area contributed by atoms with Crippen LogP contribution < -0.4 is 21.7 Å². The zero-order valence-electron chi connectivity index (χ0n) is 14.0. The maximum atomic E-state index is 11.8. The van der Waals surface area contributed by atoms with Gasteiger partial charge in [0, 0.05) is 17.3 Å². The summed E-state index contributed by atoms with van der Waals surface area (Å²) in [4.78, 5) is 35.2. The van der Waals surface area contributed by atoms with Crippen molar-refractivity contribution in [2.45, 2.75) is 32.7 Å². The lowest BCUT2D eigenvalue weighted by Crippen LogP contribution is -2.46. The Bertz CT molecular complexity index is 609. The molecule has 1 saturated carbocycles. The van der Waals surface area contributed by atoms with Gasteiger partial charge in [-0.25, -0.2) is 0 Å². The first-order valence-corrected chi connectivity index (χ1v) is 8.11. The largest absolute Gasteiger partial charge is 0.346 e. The monoisotopic (exact) mass is 332 g/mol. The summed E-state index contributed by atoms with van der Waals surface area (Å²) in [6.07, 6.45) is 1.90. The molecule has 1 atom stereocenters. The van der Waals surface area contributed by atoms with Crippen molar-refractivity contribution >= 4 is 29.1 Å². The van der Waals surface area contributed by atoms with Crippen molar-refractivity contribution in [1.29, 1.82) is 0 Å². The van der Waals surface area contributed by atoms with Crippen molar-refractivity contribution in [3.8, 4) is 0 Å². The molecular formula is C17H24N4O3. The quantitative estimate of drug-likeness (QED) is 0.598. The molecule has 0 saturated heterocycles. The van der Waals surface area contributed by atoms with Gasteiger partial charge >= 0.3 is 0 Å². The first kappa shape index (κ1) is 17.9. The highest BCUT2D eigenvalue weighted by Crippen LogP contribution is 2.30. The minimum atomic E-state index is -0.632. The van der Waals surface area contributed by atoms with E-state index in [-0.39, 0.29) is 36.1 Å². The highest BCUT2D eigenvalue weighted by Gasteiger charge is 2.29. The molecule has 1 aliphatic rings. The molecule has 130 valence electrons. The predicted molar refractivity (Wildman–Crippen MR) is 92.2 cm³/mol. The Morgan fingerprint density at radius 1 is 1.08 bits per heavy atom. The molecular weight excluding hydrogens is 308 g/mol. The number of rotatable bonds is 7. The highest BCUT2D eigenvalue weighted by molar-refractivity contribution is 5.96. The van der Waals surface area contributed by atoms with Crippen molar-refractivity contribution in [3.05, 3.63) is 24.3 Å². The number of amides is 3.